The van der Waals surface area contributed by atoms with Gasteiger partial charge < -0.3 is 20.5 Å². The van der Waals surface area contributed by atoms with Crippen LogP contribution in [0.5, 0.6) is 5.75 Å². The molecule has 1 aliphatic rings. The summed E-state index contributed by atoms with van der Waals surface area (Å²) in [4.78, 5) is 22.9. The van der Waals surface area contributed by atoms with Crippen molar-refractivity contribution in [3.8, 4) is 5.75 Å². The van der Waals surface area contributed by atoms with Crippen molar-refractivity contribution in [2.24, 2.45) is 0 Å². The number of amides is 2. The maximum atomic E-state index is 12.9. The van der Waals surface area contributed by atoms with Gasteiger partial charge in [0.1, 0.15) is 11.6 Å². The van der Waals surface area contributed by atoms with Crippen LogP contribution in [0.15, 0.2) is 48.5 Å². The van der Waals surface area contributed by atoms with E-state index in [9.17, 15) is 14.0 Å². The minimum Gasteiger partial charge on any atom is -0.490 e. The zero-order valence-electron chi connectivity index (χ0n) is 14.7. The summed E-state index contributed by atoms with van der Waals surface area (Å²) >= 11 is 0. The lowest BCUT2D eigenvalue weighted by Gasteiger charge is -2.29. The Labute approximate surface area is 156 Å². The molecule has 0 aliphatic heterocycles. The van der Waals surface area contributed by atoms with Crippen molar-refractivity contribution in [2.45, 2.75) is 37.8 Å². The van der Waals surface area contributed by atoms with E-state index < -0.39 is 5.97 Å². The number of carboxylic acid groups (broad SMARTS) is 1. The number of carbonyl (C=O) groups is 2. The summed E-state index contributed by atoms with van der Waals surface area (Å²) in [6.07, 6.45) is 3.20. The molecule has 0 spiro atoms. The van der Waals surface area contributed by atoms with Gasteiger partial charge in [0.05, 0.1) is 11.7 Å². The molecular weight excluding hydrogens is 351 g/mol. The van der Waals surface area contributed by atoms with Gasteiger partial charge in [-0.05, 0) is 74.2 Å². The number of benzene rings is 2. The summed E-state index contributed by atoms with van der Waals surface area (Å²) < 4.78 is 18.8. The quantitative estimate of drug-likeness (QED) is 0.739. The highest BCUT2D eigenvalue weighted by Crippen LogP contribution is 2.24. The number of rotatable bonds is 5. The van der Waals surface area contributed by atoms with Gasteiger partial charge in [0.15, 0.2) is 0 Å². The van der Waals surface area contributed by atoms with Crippen molar-refractivity contribution in [3.63, 3.8) is 0 Å². The van der Waals surface area contributed by atoms with Crippen LogP contribution < -0.4 is 15.4 Å². The Morgan fingerprint density at radius 1 is 0.963 bits per heavy atom. The second-order valence-electron chi connectivity index (χ2n) is 6.53. The number of nitrogens with one attached hydrogen (secondary N) is 2. The van der Waals surface area contributed by atoms with Gasteiger partial charge in [0.2, 0.25) is 0 Å². The Morgan fingerprint density at radius 2 is 1.59 bits per heavy atom. The number of carbonyl (C=O) groups excluding carboxylic acids is 1. The monoisotopic (exact) mass is 372 g/mol. The molecule has 2 aromatic rings. The molecule has 1 aliphatic carbocycles. The average molecular weight is 372 g/mol. The van der Waals surface area contributed by atoms with Crippen LogP contribution in [-0.4, -0.2) is 29.3 Å². The third-order valence-electron chi connectivity index (χ3n) is 4.52. The molecule has 142 valence electrons. The first-order valence-corrected chi connectivity index (χ1v) is 8.83. The first-order valence-electron chi connectivity index (χ1n) is 8.83. The van der Waals surface area contributed by atoms with Crippen LogP contribution in [0, 0.1) is 5.82 Å². The predicted octanol–water partition coefficient (Wildman–Crippen LogP) is 4.04. The van der Waals surface area contributed by atoms with Crippen LogP contribution in [0.1, 0.15) is 36.0 Å². The van der Waals surface area contributed by atoms with E-state index in [1.807, 2.05) is 0 Å². The van der Waals surface area contributed by atoms with E-state index in [0.717, 1.165) is 25.7 Å². The molecule has 3 rings (SSSR count). The van der Waals surface area contributed by atoms with Crippen molar-refractivity contribution in [2.75, 3.05) is 5.32 Å². The first kappa shape index (κ1) is 18.7. The van der Waals surface area contributed by atoms with Crippen molar-refractivity contribution in [3.05, 3.63) is 59.9 Å². The number of aromatic carboxylic acids is 1. The summed E-state index contributed by atoms with van der Waals surface area (Å²) in [5.74, 6) is -0.672. The number of halogens is 1. The van der Waals surface area contributed by atoms with Gasteiger partial charge in [0, 0.05) is 11.7 Å². The fourth-order valence-electron chi connectivity index (χ4n) is 3.08. The SMILES string of the molecule is O=C(Nc1ccc(F)cc1)N[C@H]1CC[C@H](Oc2ccc(C(=O)O)cc2)CC1. The molecule has 0 aromatic heterocycles. The van der Waals surface area contributed by atoms with E-state index in [4.69, 9.17) is 9.84 Å². The van der Waals surface area contributed by atoms with E-state index in [0.29, 0.717) is 11.4 Å². The molecule has 2 aromatic carbocycles. The second-order valence-corrected chi connectivity index (χ2v) is 6.53. The molecule has 0 saturated heterocycles. The molecule has 27 heavy (non-hydrogen) atoms. The molecule has 3 N–H and O–H groups in total. The number of carboxylic acids is 1. The maximum absolute atomic E-state index is 12.9. The van der Waals surface area contributed by atoms with Crippen LogP contribution in [0.25, 0.3) is 0 Å². The minimum atomic E-state index is -0.966. The Hall–Kier alpha value is -3.09. The standard InChI is InChI=1S/C20H21FN2O4/c21-14-3-5-15(6-4-14)22-20(26)23-16-7-11-18(12-8-16)27-17-9-1-13(2-10-17)19(24)25/h1-6,9-10,16,18H,7-8,11-12H2,(H,24,25)(H2,22,23,26)/t16-,18-. The molecule has 2 amide bonds. The first-order chi connectivity index (χ1) is 13.0. The summed E-state index contributed by atoms with van der Waals surface area (Å²) in [7, 11) is 0. The Bertz CT molecular complexity index is 785. The molecule has 0 radical (unpaired) electrons. The third kappa shape index (κ3) is 5.44. The van der Waals surface area contributed by atoms with Gasteiger partial charge in [-0.2, -0.15) is 0 Å². The van der Waals surface area contributed by atoms with Crippen molar-refractivity contribution >= 4 is 17.7 Å². The zero-order valence-corrected chi connectivity index (χ0v) is 14.7. The number of hydrogen-bond acceptors (Lipinski definition) is 3. The number of ether oxygens (including phenoxy) is 1. The lowest BCUT2D eigenvalue weighted by atomic mass is 9.93. The Balaban J connectivity index is 1.42. The van der Waals surface area contributed by atoms with E-state index in [1.165, 1.54) is 36.4 Å². The average Bonchev–Trinajstić information content (AvgIpc) is 2.66. The van der Waals surface area contributed by atoms with Gasteiger partial charge in [0.25, 0.3) is 0 Å². The summed E-state index contributed by atoms with van der Waals surface area (Å²) in [5.41, 5.74) is 0.762. The highest BCUT2D eigenvalue weighted by Gasteiger charge is 2.23. The Morgan fingerprint density at radius 3 is 2.19 bits per heavy atom. The molecule has 0 unspecified atom stereocenters. The summed E-state index contributed by atoms with van der Waals surface area (Å²) in [6, 6.07) is 11.7. The van der Waals surface area contributed by atoms with Crippen LogP contribution in [-0.2, 0) is 0 Å². The second kappa shape index (κ2) is 8.53. The number of anilines is 1. The summed E-state index contributed by atoms with van der Waals surface area (Å²) in [5, 5.41) is 14.5. The topological polar surface area (TPSA) is 87.7 Å². The van der Waals surface area contributed by atoms with Crippen LogP contribution in [0.4, 0.5) is 14.9 Å². The Kier molecular flexibility index (Phi) is 5.90. The van der Waals surface area contributed by atoms with E-state index in [2.05, 4.69) is 10.6 Å². The van der Waals surface area contributed by atoms with E-state index >= 15 is 0 Å². The molecule has 7 heteroatoms. The molecule has 6 nitrogen and oxygen atoms in total. The highest BCUT2D eigenvalue weighted by molar-refractivity contribution is 5.89. The van der Waals surface area contributed by atoms with Gasteiger partial charge in [-0.3, -0.25) is 0 Å². The van der Waals surface area contributed by atoms with Crippen molar-refractivity contribution < 1.29 is 23.8 Å². The van der Waals surface area contributed by atoms with Gasteiger partial charge in [-0.1, -0.05) is 0 Å². The minimum absolute atomic E-state index is 0.0406. The van der Waals surface area contributed by atoms with Crippen molar-refractivity contribution in [1.82, 2.24) is 5.32 Å². The lowest BCUT2D eigenvalue weighted by molar-refractivity contribution is 0.0696. The van der Waals surface area contributed by atoms with Crippen LogP contribution in [0.2, 0.25) is 0 Å². The fraction of sp³-hybridized carbons (Fsp3) is 0.300. The normalized spacial score (nSPS) is 19.1. The highest BCUT2D eigenvalue weighted by atomic mass is 19.1. The van der Waals surface area contributed by atoms with Gasteiger partial charge >= 0.3 is 12.0 Å². The molecular formula is C20H21FN2O4. The predicted molar refractivity (Wildman–Crippen MR) is 98.6 cm³/mol. The van der Waals surface area contributed by atoms with E-state index in [-0.39, 0.29) is 29.6 Å². The summed E-state index contributed by atoms with van der Waals surface area (Å²) in [6.45, 7) is 0. The number of hydrogen-bond donors (Lipinski definition) is 3. The zero-order chi connectivity index (χ0) is 19.2. The van der Waals surface area contributed by atoms with Crippen molar-refractivity contribution in [1.29, 1.82) is 0 Å². The van der Waals surface area contributed by atoms with Gasteiger partial charge in [-0.25, -0.2) is 14.0 Å². The van der Waals surface area contributed by atoms with Gasteiger partial charge in [-0.15, -0.1) is 0 Å². The molecule has 1 saturated carbocycles. The fourth-order valence-corrected chi connectivity index (χ4v) is 3.08. The molecule has 0 bridgehead atoms. The smallest absolute Gasteiger partial charge is 0.335 e. The lowest BCUT2D eigenvalue weighted by Crippen LogP contribution is -2.41. The van der Waals surface area contributed by atoms with Crippen LogP contribution in [0.3, 0.4) is 0 Å². The molecule has 1 fully saturated rings. The third-order valence-corrected chi connectivity index (χ3v) is 4.52. The maximum Gasteiger partial charge on any atom is 0.335 e. The number of urea groups is 1. The van der Waals surface area contributed by atoms with E-state index in [1.54, 1.807) is 12.1 Å². The molecule has 0 atom stereocenters. The molecule has 0 heterocycles. The largest absolute Gasteiger partial charge is 0.490 e. The van der Waals surface area contributed by atoms with Crippen LogP contribution >= 0.6 is 0 Å².